The van der Waals surface area contributed by atoms with E-state index in [1.807, 2.05) is 0 Å². The number of amides is 1. The summed E-state index contributed by atoms with van der Waals surface area (Å²) in [6, 6.07) is 11.5. The molecule has 2 aromatic heterocycles. The van der Waals surface area contributed by atoms with Crippen LogP contribution in [0.2, 0.25) is 0 Å². The standard InChI is InChI=1S/C18H16N4O3S/c23-18(16-12-20-9-10-21-16)22-13-17(14-5-4-8-19-11-14)26(24,25)15-6-2-1-3-7-15/h1-12,17H,13H2,(H,22,23). The molecule has 0 aliphatic carbocycles. The van der Waals surface area contributed by atoms with Gasteiger partial charge in [-0.05, 0) is 23.8 Å². The van der Waals surface area contributed by atoms with Gasteiger partial charge >= 0.3 is 0 Å². The highest BCUT2D eigenvalue weighted by atomic mass is 32.2. The highest BCUT2D eigenvalue weighted by Gasteiger charge is 2.30. The summed E-state index contributed by atoms with van der Waals surface area (Å²) in [5.41, 5.74) is 0.616. The summed E-state index contributed by atoms with van der Waals surface area (Å²) in [6.45, 7) is -0.113. The Morgan fingerprint density at radius 3 is 2.38 bits per heavy atom. The number of nitrogens with one attached hydrogen (secondary N) is 1. The van der Waals surface area contributed by atoms with E-state index in [0.717, 1.165) is 0 Å². The second kappa shape index (κ2) is 7.83. The molecule has 0 aliphatic heterocycles. The van der Waals surface area contributed by atoms with Crippen LogP contribution < -0.4 is 5.32 Å². The number of carbonyl (C=O) groups is 1. The molecule has 132 valence electrons. The Hall–Kier alpha value is -3.13. The zero-order valence-corrected chi connectivity index (χ0v) is 14.5. The molecule has 0 spiro atoms. The first-order valence-corrected chi connectivity index (χ1v) is 9.37. The number of rotatable bonds is 6. The van der Waals surface area contributed by atoms with Crippen molar-refractivity contribution in [1.82, 2.24) is 20.3 Å². The molecular weight excluding hydrogens is 352 g/mol. The van der Waals surface area contributed by atoms with Crippen molar-refractivity contribution in [2.24, 2.45) is 0 Å². The van der Waals surface area contributed by atoms with E-state index in [0.29, 0.717) is 5.56 Å². The van der Waals surface area contributed by atoms with Crippen molar-refractivity contribution < 1.29 is 13.2 Å². The fourth-order valence-electron chi connectivity index (χ4n) is 2.44. The minimum Gasteiger partial charge on any atom is -0.349 e. The Balaban J connectivity index is 1.89. The lowest BCUT2D eigenvalue weighted by Crippen LogP contribution is -2.32. The average molecular weight is 368 g/mol. The molecule has 1 N–H and O–H groups in total. The van der Waals surface area contributed by atoms with E-state index in [-0.39, 0.29) is 17.1 Å². The van der Waals surface area contributed by atoms with Gasteiger partial charge in [-0.15, -0.1) is 0 Å². The third kappa shape index (κ3) is 3.92. The Bertz CT molecular complexity index is 965. The van der Waals surface area contributed by atoms with Crippen molar-refractivity contribution in [1.29, 1.82) is 0 Å². The monoisotopic (exact) mass is 368 g/mol. The maximum atomic E-state index is 13.1. The van der Waals surface area contributed by atoms with Crippen LogP contribution in [0.5, 0.6) is 0 Å². The first-order chi connectivity index (χ1) is 12.6. The first-order valence-electron chi connectivity index (χ1n) is 7.82. The van der Waals surface area contributed by atoms with Gasteiger partial charge in [-0.1, -0.05) is 24.3 Å². The van der Waals surface area contributed by atoms with Gasteiger partial charge in [-0.25, -0.2) is 13.4 Å². The molecule has 26 heavy (non-hydrogen) atoms. The fourth-order valence-corrected chi connectivity index (χ4v) is 4.11. The van der Waals surface area contributed by atoms with Crippen molar-refractivity contribution in [2.45, 2.75) is 10.1 Å². The topological polar surface area (TPSA) is 102 Å². The van der Waals surface area contributed by atoms with Crippen LogP contribution in [-0.2, 0) is 9.84 Å². The number of pyridine rings is 1. The van der Waals surface area contributed by atoms with Crippen LogP contribution in [0.4, 0.5) is 0 Å². The van der Waals surface area contributed by atoms with Gasteiger partial charge in [0.15, 0.2) is 9.84 Å². The SMILES string of the molecule is O=C(NCC(c1cccnc1)S(=O)(=O)c1ccccc1)c1cnccn1. The van der Waals surface area contributed by atoms with Gasteiger partial charge in [0.1, 0.15) is 10.9 Å². The average Bonchev–Trinajstić information content (AvgIpc) is 2.70. The van der Waals surface area contributed by atoms with Crippen molar-refractivity contribution >= 4 is 15.7 Å². The normalized spacial score (nSPS) is 12.3. The number of hydrogen-bond acceptors (Lipinski definition) is 6. The molecule has 8 heteroatoms. The lowest BCUT2D eigenvalue weighted by Gasteiger charge is -2.18. The lowest BCUT2D eigenvalue weighted by molar-refractivity contribution is 0.0948. The van der Waals surface area contributed by atoms with Crippen molar-refractivity contribution in [3.8, 4) is 0 Å². The Morgan fingerprint density at radius 2 is 1.73 bits per heavy atom. The van der Waals surface area contributed by atoms with Crippen LogP contribution >= 0.6 is 0 Å². The number of aromatic nitrogens is 3. The maximum absolute atomic E-state index is 13.1. The number of hydrogen-bond donors (Lipinski definition) is 1. The molecule has 1 amide bonds. The van der Waals surface area contributed by atoms with Crippen LogP contribution in [0, 0.1) is 0 Å². The van der Waals surface area contributed by atoms with Gasteiger partial charge in [-0.2, -0.15) is 0 Å². The van der Waals surface area contributed by atoms with Gasteiger partial charge in [0.2, 0.25) is 0 Å². The van der Waals surface area contributed by atoms with E-state index >= 15 is 0 Å². The minimum absolute atomic E-state index is 0.113. The van der Waals surface area contributed by atoms with Crippen LogP contribution in [0.25, 0.3) is 0 Å². The van der Waals surface area contributed by atoms with E-state index in [1.165, 1.54) is 36.9 Å². The molecular formula is C18H16N4O3S. The minimum atomic E-state index is -3.72. The summed E-state index contributed by atoms with van der Waals surface area (Å²) in [5.74, 6) is -0.491. The number of benzene rings is 1. The van der Waals surface area contributed by atoms with Crippen LogP contribution in [-0.4, -0.2) is 35.8 Å². The predicted molar refractivity (Wildman–Crippen MR) is 95.0 cm³/mol. The molecule has 2 heterocycles. The van der Waals surface area contributed by atoms with Gasteiger partial charge in [0.25, 0.3) is 5.91 Å². The maximum Gasteiger partial charge on any atom is 0.271 e. The summed E-state index contributed by atoms with van der Waals surface area (Å²) < 4.78 is 26.1. The summed E-state index contributed by atoms with van der Waals surface area (Å²) in [7, 11) is -3.72. The number of nitrogens with zero attached hydrogens (tertiary/aromatic N) is 3. The fraction of sp³-hybridized carbons (Fsp3) is 0.111. The third-order valence-corrected chi connectivity index (χ3v) is 5.86. The molecule has 0 aliphatic rings. The Kier molecular flexibility index (Phi) is 5.33. The first kappa shape index (κ1) is 17.7. The van der Waals surface area contributed by atoms with E-state index in [2.05, 4.69) is 20.3 Å². The third-order valence-electron chi connectivity index (χ3n) is 3.75. The van der Waals surface area contributed by atoms with Gasteiger partial charge in [0.05, 0.1) is 11.1 Å². The molecule has 3 rings (SSSR count). The molecule has 1 atom stereocenters. The van der Waals surface area contributed by atoms with Crippen molar-refractivity contribution in [2.75, 3.05) is 6.54 Å². The molecule has 1 aromatic carbocycles. The van der Waals surface area contributed by atoms with Crippen LogP contribution in [0.15, 0.2) is 78.3 Å². The second-order valence-electron chi connectivity index (χ2n) is 5.43. The number of sulfone groups is 1. The second-order valence-corrected chi connectivity index (χ2v) is 7.56. The summed E-state index contributed by atoms with van der Waals surface area (Å²) in [4.78, 5) is 24.2. The zero-order valence-electron chi connectivity index (χ0n) is 13.7. The van der Waals surface area contributed by atoms with Crippen LogP contribution in [0.1, 0.15) is 21.3 Å². The molecule has 0 saturated carbocycles. The molecule has 0 saturated heterocycles. The zero-order chi connectivity index (χ0) is 18.4. The van der Waals surface area contributed by atoms with Gasteiger partial charge in [-0.3, -0.25) is 14.8 Å². The predicted octanol–water partition coefficient (Wildman–Crippen LogP) is 1.82. The van der Waals surface area contributed by atoms with E-state index < -0.39 is 21.0 Å². The molecule has 0 bridgehead atoms. The molecule has 0 radical (unpaired) electrons. The van der Waals surface area contributed by atoms with Crippen molar-refractivity contribution in [3.63, 3.8) is 0 Å². The summed E-state index contributed by atoms with van der Waals surface area (Å²) in [6.07, 6.45) is 7.22. The van der Waals surface area contributed by atoms with Crippen molar-refractivity contribution in [3.05, 3.63) is 84.7 Å². The largest absolute Gasteiger partial charge is 0.349 e. The summed E-state index contributed by atoms with van der Waals surface area (Å²) >= 11 is 0. The smallest absolute Gasteiger partial charge is 0.271 e. The molecule has 7 nitrogen and oxygen atoms in total. The van der Waals surface area contributed by atoms with E-state index in [1.54, 1.807) is 36.5 Å². The van der Waals surface area contributed by atoms with E-state index in [9.17, 15) is 13.2 Å². The molecule has 1 unspecified atom stereocenters. The molecule has 0 fully saturated rings. The van der Waals surface area contributed by atoms with Gasteiger partial charge < -0.3 is 5.32 Å². The van der Waals surface area contributed by atoms with E-state index in [4.69, 9.17) is 0 Å². The quantitative estimate of drug-likeness (QED) is 0.712. The highest BCUT2D eigenvalue weighted by Crippen LogP contribution is 2.27. The number of carbonyl (C=O) groups excluding carboxylic acids is 1. The summed E-state index contributed by atoms with van der Waals surface area (Å²) in [5, 5.41) is 1.65. The Labute approximate surface area is 151 Å². The van der Waals surface area contributed by atoms with Crippen LogP contribution in [0.3, 0.4) is 0 Å². The Morgan fingerprint density at radius 1 is 0.962 bits per heavy atom. The van der Waals surface area contributed by atoms with Gasteiger partial charge in [0, 0.05) is 31.3 Å². The highest BCUT2D eigenvalue weighted by molar-refractivity contribution is 7.91. The molecule has 3 aromatic rings. The lowest BCUT2D eigenvalue weighted by atomic mass is 10.2.